The van der Waals surface area contributed by atoms with Crippen molar-refractivity contribution in [1.29, 1.82) is 0 Å². The van der Waals surface area contributed by atoms with Gasteiger partial charge in [-0.3, -0.25) is 9.55 Å². The van der Waals surface area contributed by atoms with Crippen molar-refractivity contribution in [3.8, 4) is 11.4 Å². The summed E-state index contributed by atoms with van der Waals surface area (Å²) in [5, 5.41) is 9.19. The van der Waals surface area contributed by atoms with Crippen LogP contribution in [-0.2, 0) is 12.2 Å². The van der Waals surface area contributed by atoms with Crippen LogP contribution in [0.25, 0.3) is 5.69 Å². The molecule has 6 nitrogen and oxygen atoms in total. The Morgan fingerprint density at radius 3 is 2.72 bits per heavy atom. The number of nitrogens with zero attached hydrogens (tertiary/aromatic N) is 4. The highest BCUT2D eigenvalue weighted by Gasteiger charge is 2.14. The molecule has 0 aliphatic rings. The van der Waals surface area contributed by atoms with Crippen molar-refractivity contribution < 1.29 is 9.13 Å². The first-order chi connectivity index (χ1) is 12.2. The van der Waals surface area contributed by atoms with Crippen molar-refractivity contribution in [3.63, 3.8) is 0 Å². The summed E-state index contributed by atoms with van der Waals surface area (Å²) < 4.78 is 20.3. The number of hydrogen-bond donors (Lipinski definition) is 1. The van der Waals surface area contributed by atoms with Crippen LogP contribution in [0.15, 0.2) is 47.8 Å². The van der Waals surface area contributed by atoms with Crippen molar-refractivity contribution >= 4 is 11.8 Å². The minimum atomic E-state index is -0.285. The van der Waals surface area contributed by atoms with Gasteiger partial charge in [-0.2, -0.15) is 0 Å². The predicted molar refractivity (Wildman–Crippen MR) is 94.4 cm³/mol. The summed E-state index contributed by atoms with van der Waals surface area (Å²) in [7, 11) is 1.62. The molecular weight excluding hydrogens is 341 g/mol. The Kier molecular flexibility index (Phi) is 5.62. The third-order valence-electron chi connectivity index (χ3n) is 3.53. The summed E-state index contributed by atoms with van der Waals surface area (Å²) >= 11 is 1.50. The molecule has 2 N–H and O–H groups in total. The van der Waals surface area contributed by atoms with E-state index < -0.39 is 0 Å². The van der Waals surface area contributed by atoms with E-state index in [1.165, 1.54) is 23.9 Å². The van der Waals surface area contributed by atoms with Crippen LogP contribution in [0, 0.1) is 5.82 Å². The van der Waals surface area contributed by atoms with E-state index in [1.54, 1.807) is 31.5 Å². The van der Waals surface area contributed by atoms with Crippen molar-refractivity contribution in [2.75, 3.05) is 13.7 Å². The van der Waals surface area contributed by atoms with Crippen LogP contribution in [0.4, 0.5) is 4.39 Å². The minimum Gasteiger partial charge on any atom is -0.497 e. The molecule has 0 unspecified atom stereocenters. The van der Waals surface area contributed by atoms with E-state index in [4.69, 9.17) is 10.5 Å². The van der Waals surface area contributed by atoms with Gasteiger partial charge in [0.2, 0.25) is 0 Å². The molecular formula is C17H18FN5OS. The molecule has 0 bridgehead atoms. The topological polar surface area (TPSA) is 78.8 Å². The lowest BCUT2D eigenvalue weighted by atomic mass is 10.3. The molecule has 1 aromatic carbocycles. The fourth-order valence-electron chi connectivity index (χ4n) is 2.33. The number of benzene rings is 1. The molecule has 2 aromatic heterocycles. The first-order valence-electron chi connectivity index (χ1n) is 7.73. The largest absolute Gasteiger partial charge is 0.497 e. The lowest BCUT2D eigenvalue weighted by molar-refractivity contribution is 0.413. The zero-order chi connectivity index (χ0) is 17.6. The van der Waals surface area contributed by atoms with E-state index in [1.807, 2.05) is 10.6 Å². The number of ether oxygens (including phenoxy) is 1. The number of aromatic nitrogens is 4. The van der Waals surface area contributed by atoms with Gasteiger partial charge >= 0.3 is 0 Å². The second kappa shape index (κ2) is 8.09. The summed E-state index contributed by atoms with van der Waals surface area (Å²) in [4.78, 5) is 4.33. The molecule has 25 heavy (non-hydrogen) atoms. The van der Waals surface area contributed by atoms with Gasteiger partial charge in [0, 0.05) is 30.1 Å². The van der Waals surface area contributed by atoms with Gasteiger partial charge in [0.15, 0.2) is 5.16 Å². The number of thioether (sulfide) groups is 1. The number of hydrogen-bond acceptors (Lipinski definition) is 6. The van der Waals surface area contributed by atoms with Crippen molar-refractivity contribution in [2.24, 2.45) is 5.73 Å². The number of nitrogens with two attached hydrogens (primary N) is 1. The molecule has 130 valence electrons. The van der Waals surface area contributed by atoms with Gasteiger partial charge in [-0.1, -0.05) is 11.8 Å². The number of halogens is 1. The standard InChI is InChI=1S/C17H18FN5OS/c1-24-15-7-9-20-13(10-15)11-25-17-22-21-16(6-8-19)23(17)14-4-2-12(18)3-5-14/h2-5,7,9-10H,6,8,11,19H2,1H3. The summed E-state index contributed by atoms with van der Waals surface area (Å²) in [6, 6.07) is 9.92. The van der Waals surface area contributed by atoms with E-state index in [-0.39, 0.29) is 5.82 Å². The highest BCUT2D eigenvalue weighted by atomic mass is 32.2. The molecule has 2 heterocycles. The van der Waals surface area contributed by atoms with Crippen molar-refractivity contribution in [1.82, 2.24) is 19.7 Å². The summed E-state index contributed by atoms with van der Waals surface area (Å²) in [6.45, 7) is 0.460. The molecule has 0 aliphatic heterocycles. The zero-order valence-corrected chi connectivity index (χ0v) is 14.5. The SMILES string of the molecule is COc1ccnc(CSc2nnc(CCN)n2-c2ccc(F)cc2)c1. The summed E-state index contributed by atoms with van der Waals surface area (Å²) in [6.07, 6.45) is 2.29. The average Bonchev–Trinajstić information content (AvgIpc) is 3.04. The maximum atomic E-state index is 13.2. The third-order valence-corrected chi connectivity index (χ3v) is 4.49. The quantitative estimate of drug-likeness (QED) is 0.653. The Hall–Kier alpha value is -2.45. The Bertz CT molecular complexity index is 837. The van der Waals surface area contributed by atoms with Gasteiger partial charge in [0.25, 0.3) is 0 Å². The number of rotatable bonds is 7. The van der Waals surface area contributed by atoms with Crippen LogP contribution in [0.5, 0.6) is 5.75 Å². The van der Waals surface area contributed by atoms with Crippen LogP contribution >= 0.6 is 11.8 Å². The van der Waals surface area contributed by atoms with Crippen LogP contribution in [0.2, 0.25) is 0 Å². The maximum Gasteiger partial charge on any atom is 0.196 e. The van der Waals surface area contributed by atoms with E-state index >= 15 is 0 Å². The van der Waals surface area contributed by atoms with Crippen LogP contribution < -0.4 is 10.5 Å². The highest BCUT2D eigenvalue weighted by molar-refractivity contribution is 7.98. The smallest absolute Gasteiger partial charge is 0.196 e. The van der Waals surface area contributed by atoms with Crippen molar-refractivity contribution in [3.05, 3.63) is 59.9 Å². The molecule has 0 fully saturated rings. The Balaban J connectivity index is 1.86. The van der Waals surface area contributed by atoms with E-state index in [0.29, 0.717) is 23.9 Å². The second-order valence-corrected chi connectivity index (χ2v) is 6.17. The lowest BCUT2D eigenvalue weighted by Gasteiger charge is -2.10. The van der Waals surface area contributed by atoms with Crippen LogP contribution in [0.1, 0.15) is 11.5 Å². The van der Waals surface area contributed by atoms with E-state index in [2.05, 4.69) is 15.2 Å². The van der Waals surface area contributed by atoms with Crippen LogP contribution in [-0.4, -0.2) is 33.4 Å². The molecule has 0 spiro atoms. The zero-order valence-electron chi connectivity index (χ0n) is 13.7. The summed E-state index contributed by atoms with van der Waals surface area (Å²) in [5.41, 5.74) is 7.34. The molecule has 3 rings (SSSR count). The molecule has 0 aliphatic carbocycles. The van der Waals surface area contributed by atoms with Crippen molar-refractivity contribution in [2.45, 2.75) is 17.3 Å². The molecule has 0 saturated carbocycles. The Morgan fingerprint density at radius 2 is 2.00 bits per heavy atom. The first-order valence-corrected chi connectivity index (χ1v) is 8.72. The predicted octanol–water partition coefficient (Wildman–Crippen LogP) is 2.60. The van der Waals surface area contributed by atoms with Crippen LogP contribution in [0.3, 0.4) is 0 Å². The van der Waals surface area contributed by atoms with E-state index in [9.17, 15) is 4.39 Å². The molecule has 0 radical (unpaired) electrons. The van der Waals surface area contributed by atoms with E-state index in [0.717, 1.165) is 23.0 Å². The van der Waals surface area contributed by atoms with Gasteiger partial charge in [0.1, 0.15) is 17.4 Å². The monoisotopic (exact) mass is 359 g/mol. The van der Waals surface area contributed by atoms with Gasteiger partial charge in [-0.25, -0.2) is 4.39 Å². The van der Waals surface area contributed by atoms with Gasteiger partial charge in [-0.15, -0.1) is 10.2 Å². The molecule has 0 amide bonds. The minimum absolute atomic E-state index is 0.285. The highest BCUT2D eigenvalue weighted by Crippen LogP contribution is 2.26. The molecule has 3 aromatic rings. The average molecular weight is 359 g/mol. The fourth-order valence-corrected chi connectivity index (χ4v) is 3.21. The fraction of sp³-hybridized carbons (Fsp3) is 0.235. The van der Waals surface area contributed by atoms with Gasteiger partial charge < -0.3 is 10.5 Å². The van der Waals surface area contributed by atoms with Gasteiger partial charge in [-0.05, 0) is 36.9 Å². The normalized spacial score (nSPS) is 10.8. The lowest BCUT2D eigenvalue weighted by Crippen LogP contribution is -2.09. The van der Waals surface area contributed by atoms with Gasteiger partial charge in [0.05, 0.1) is 12.8 Å². The maximum absolute atomic E-state index is 13.2. The third kappa shape index (κ3) is 4.15. The summed E-state index contributed by atoms with van der Waals surface area (Å²) in [5.74, 6) is 1.83. The molecule has 0 atom stereocenters. The number of pyridine rings is 1. The second-order valence-electron chi connectivity index (χ2n) is 5.22. The Morgan fingerprint density at radius 1 is 1.20 bits per heavy atom. The first kappa shape index (κ1) is 17.4. The number of methoxy groups -OCH3 is 1. The Labute approximate surface area is 149 Å². The molecule has 8 heteroatoms. The molecule has 0 saturated heterocycles.